The maximum atomic E-state index is 10.1. The molecule has 0 unspecified atom stereocenters. The second-order valence-electron chi connectivity index (χ2n) is 7.25. The number of carbonyl (C=O) groups is 9. The van der Waals surface area contributed by atoms with Crippen LogP contribution in [-0.2, 0) is 43.2 Å². The topological polar surface area (TPSA) is 512 Å². The minimum absolute atomic E-state index is 0. The first-order valence-electron chi connectivity index (χ1n) is 9.34. The zero-order valence-electron chi connectivity index (χ0n) is 22.6. The van der Waals surface area contributed by atoms with E-state index in [9.17, 15) is 89.1 Å². The number of hydrogen-bond donors (Lipinski definition) is 3. The van der Waals surface area contributed by atoms with Gasteiger partial charge in [-0.1, -0.05) is 0 Å². The van der Waals surface area contributed by atoms with E-state index in [4.69, 9.17) is 15.3 Å². The average Bonchev–Trinajstić information content (AvgIpc) is 2.64. The van der Waals surface area contributed by atoms with Crippen LogP contribution in [0.4, 0.5) is 0 Å². The fraction of sp³-hybridized carbons (Fsp3) is 0.500. The van der Waals surface area contributed by atoms with Crippen molar-refractivity contribution in [3.63, 3.8) is 0 Å². The van der Waals surface area contributed by atoms with E-state index in [1.54, 1.807) is 0 Å². The molecule has 28 heteroatoms. The Balaban J connectivity index is -0.0000000491. The van der Waals surface area contributed by atoms with Gasteiger partial charge >= 0.3 is 69.4 Å². The van der Waals surface area contributed by atoms with Gasteiger partial charge in [-0.2, -0.15) is 0 Å². The number of carboxylic acids is 9. The molecule has 0 saturated heterocycles. The maximum Gasteiger partial charge on any atom is 3.00 e. The Morgan fingerprint density at radius 3 is 0.457 bits per heavy atom. The van der Waals surface area contributed by atoms with Gasteiger partial charge in [0.15, 0.2) is 0 Å². The van der Waals surface area contributed by atoms with Gasteiger partial charge < -0.3 is 121 Å². The van der Waals surface area contributed by atoms with Crippen LogP contribution in [0.2, 0.25) is 0 Å². The van der Waals surface area contributed by atoms with Gasteiger partial charge in [-0.15, -0.1) is 0 Å². The van der Waals surface area contributed by atoms with Crippen LogP contribution in [0.25, 0.3) is 0 Å². The summed E-state index contributed by atoms with van der Waals surface area (Å²) in [5.41, 5.74) is -8.92. The summed E-state index contributed by atoms with van der Waals surface area (Å²) in [4.78, 5) is 90.0. The van der Waals surface area contributed by atoms with E-state index in [2.05, 4.69) is 0 Å². The standard InChI is InChI=1S/3C6H8O7.4Al.3H2O/c3*7-3(8)1-6(13,5(11)12)2-4(9)10;;;;;;;/h3*13H,1-2H2,(H,7,8)(H,9,10)(H,11,12);;;;;3*1H2/q;;;4*+3;;;/p-12. The minimum atomic E-state index is -2.97. The third kappa shape index (κ3) is 32.5. The molecule has 0 radical (unpaired) electrons. The van der Waals surface area contributed by atoms with Gasteiger partial charge in [0.1, 0.15) is 16.8 Å². The zero-order valence-corrected chi connectivity index (χ0v) is 27.2. The molecular formula is C18H18Al4O24. The zero-order chi connectivity index (χ0) is 31.9. The van der Waals surface area contributed by atoms with E-state index in [1.807, 2.05) is 0 Å². The van der Waals surface area contributed by atoms with E-state index in [1.165, 1.54) is 0 Å². The van der Waals surface area contributed by atoms with Crippen molar-refractivity contribution < 1.29 is 121 Å². The number of carboxylic acid groups (broad SMARTS) is 9. The van der Waals surface area contributed by atoms with Crippen molar-refractivity contribution in [3.8, 4) is 0 Å². The van der Waals surface area contributed by atoms with Gasteiger partial charge in [0.25, 0.3) is 0 Å². The molecule has 246 valence electrons. The minimum Gasteiger partial charge on any atom is -0.870 e. The summed E-state index contributed by atoms with van der Waals surface area (Å²) in [5.74, 6) is -18.0. The van der Waals surface area contributed by atoms with Crippen LogP contribution in [0, 0.1) is 0 Å². The van der Waals surface area contributed by atoms with Gasteiger partial charge in [0, 0.05) is 74.3 Å². The molecule has 0 aliphatic carbocycles. The average molecular weight is 726 g/mol. The molecule has 46 heavy (non-hydrogen) atoms. The van der Waals surface area contributed by atoms with Crippen molar-refractivity contribution in [2.24, 2.45) is 0 Å². The first-order chi connectivity index (χ1) is 17.3. The van der Waals surface area contributed by atoms with Crippen molar-refractivity contribution in [2.75, 3.05) is 0 Å². The number of rotatable bonds is 15. The maximum absolute atomic E-state index is 10.1. The van der Waals surface area contributed by atoms with Gasteiger partial charge in [-0.05, 0) is 0 Å². The summed E-state index contributed by atoms with van der Waals surface area (Å²) >= 11 is 0. The normalized spacial score (nSPS) is 9.20. The second-order valence-corrected chi connectivity index (χ2v) is 7.25. The van der Waals surface area contributed by atoms with E-state index < -0.39 is 109 Å². The predicted molar refractivity (Wildman–Crippen MR) is 116 cm³/mol. The van der Waals surface area contributed by atoms with Crippen molar-refractivity contribution in [2.45, 2.75) is 55.3 Å². The molecule has 0 aromatic heterocycles. The molecule has 0 spiro atoms. The van der Waals surface area contributed by atoms with Crippen LogP contribution in [0.5, 0.6) is 0 Å². The van der Waals surface area contributed by atoms with E-state index in [-0.39, 0.29) is 85.9 Å². The fourth-order valence-corrected chi connectivity index (χ4v) is 2.05. The van der Waals surface area contributed by atoms with E-state index >= 15 is 0 Å². The van der Waals surface area contributed by atoms with Crippen molar-refractivity contribution in [3.05, 3.63) is 0 Å². The first-order valence-corrected chi connectivity index (χ1v) is 9.34. The molecule has 0 heterocycles. The Labute approximate surface area is 298 Å². The number of hydrogen-bond acceptors (Lipinski definition) is 24. The molecule has 0 atom stereocenters. The summed E-state index contributed by atoms with van der Waals surface area (Å²) in [5, 5.41) is 117. The third-order valence-corrected chi connectivity index (χ3v) is 3.76. The number of aliphatic hydroxyl groups is 3. The fourth-order valence-electron chi connectivity index (χ4n) is 2.05. The number of carbonyl (C=O) groups excluding carboxylic acids is 9. The van der Waals surface area contributed by atoms with Gasteiger partial charge in [-0.3, -0.25) is 0 Å². The summed E-state index contributed by atoms with van der Waals surface area (Å²) < 4.78 is 0. The van der Waals surface area contributed by atoms with Gasteiger partial charge in [0.2, 0.25) is 0 Å². The molecule has 0 rings (SSSR count). The Morgan fingerprint density at radius 2 is 0.413 bits per heavy atom. The molecule has 24 nitrogen and oxygen atoms in total. The second kappa shape index (κ2) is 30.8. The van der Waals surface area contributed by atoms with Crippen LogP contribution in [0.1, 0.15) is 38.5 Å². The Bertz CT molecular complexity index is 828. The SMILES string of the molecule is O=C([O-])CC(O)(CC(=O)[O-])C(=O)[O-].O=C([O-])CC(O)(CC(=O)[O-])C(=O)[O-].O=C([O-])CC(O)(CC(=O)[O-])C(=O)[O-].[Al+3].[Al+3].[Al+3].[Al+3].[OH-].[OH-].[OH-]. The largest absolute Gasteiger partial charge is 3.00 e. The molecule has 0 aliphatic heterocycles. The summed E-state index contributed by atoms with van der Waals surface area (Å²) in [6, 6.07) is 0. The Kier molecular flexibility index (Phi) is 46.6. The van der Waals surface area contributed by atoms with E-state index in [0.29, 0.717) is 0 Å². The van der Waals surface area contributed by atoms with Crippen LogP contribution in [0.15, 0.2) is 0 Å². The molecule has 0 aromatic carbocycles. The molecule has 0 bridgehead atoms. The molecule has 0 saturated carbocycles. The third-order valence-electron chi connectivity index (χ3n) is 3.76. The monoisotopic (exact) mass is 726 g/mol. The molecule has 0 aliphatic rings. The molecule has 6 N–H and O–H groups in total. The Morgan fingerprint density at radius 1 is 0.326 bits per heavy atom. The van der Waals surface area contributed by atoms with Crippen molar-refractivity contribution >= 4 is 123 Å². The van der Waals surface area contributed by atoms with E-state index in [0.717, 1.165) is 0 Å². The van der Waals surface area contributed by atoms with Crippen LogP contribution in [-0.4, -0.2) is 172 Å². The van der Waals surface area contributed by atoms with Crippen molar-refractivity contribution in [1.29, 1.82) is 0 Å². The Hall–Kier alpha value is -2.88. The summed E-state index contributed by atoms with van der Waals surface area (Å²) in [6.07, 6.45) is -8.15. The molecule has 0 amide bonds. The smallest absolute Gasteiger partial charge is 0.870 e. The molecule has 0 fully saturated rings. The van der Waals surface area contributed by atoms with Gasteiger partial charge in [0.05, 0.1) is 17.9 Å². The van der Waals surface area contributed by atoms with Crippen LogP contribution < -0.4 is 46.0 Å². The first kappa shape index (κ1) is 69.7. The predicted octanol–water partition coefficient (Wildman–Crippen LogP) is -17.8. The quantitative estimate of drug-likeness (QED) is 0.132. The van der Waals surface area contributed by atoms with Gasteiger partial charge in [-0.25, -0.2) is 0 Å². The molecule has 0 aromatic rings. The van der Waals surface area contributed by atoms with Crippen LogP contribution in [0.3, 0.4) is 0 Å². The summed E-state index contributed by atoms with van der Waals surface area (Å²) in [7, 11) is 0. The number of aliphatic carboxylic acids is 9. The van der Waals surface area contributed by atoms with Crippen LogP contribution >= 0.6 is 0 Å². The van der Waals surface area contributed by atoms with Crippen molar-refractivity contribution in [1.82, 2.24) is 0 Å². The molecular weight excluding hydrogens is 708 g/mol. The summed E-state index contributed by atoms with van der Waals surface area (Å²) in [6.45, 7) is 0.